The van der Waals surface area contributed by atoms with Crippen molar-refractivity contribution >= 4 is 9.24 Å². The van der Waals surface area contributed by atoms with E-state index in [1.54, 1.807) is 0 Å². The Balaban J connectivity index is 2.74. The molecule has 0 amide bonds. The van der Waals surface area contributed by atoms with Crippen LogP contribution in [0.4, 0.5) is 0 Å². The lowest BCUT2D eigenvalue weighted by atomic mass is 10.0. The van der Waals surface area contributed by atoms with Gasteiger partial charge in [-0.25, -0.2) is 0 Å². The number of nitrogens with two attached hydrogens (primary N) is 1. The first-order valence-electron chi connectivity index (χ1n) is 3.12. The topological polar surface area (TPSA) is 26.0 Å². The number of rotatable bonds is 0. The lowest BCUT2D eigenvalue weighted by molar-refractivity contribution is 0.720. The molecule has 0 bridgehead atoms. The third-order valence-electron chi connectivity index (χ3n) is 1.39. The molecule has 2 atom stereocenters. The zero-order chi connectivity index (χ0) is 6.85. The summed E-state index contributed by atoms with van der Waals surface area (Å²) in [6, 6.07) is 0. The molecule has 0 heterocycles. The van der Waals surface area contributed by atoms with Crippen LogP contribution in [0, 0.1) is 5.92 Å². The summed E-state index contributed by atoms with van der Waals surface area (Å²) >= 11 is 0. The average molecular weight is 141 g/mol. The molecule has 0 saturated carbocycles. The van der Waals surface area contributed by atoms with Gasteiger partial charge in [-0.1, -0.05) is 13.0 Å². The van der Waals surface area contributed by atoms with Crippen LogP contribution in [0.5, 0.6) is 0 Å². The second-order valence-electron chi connectivity index (χ2n) is 2.57. The average Bonchev–Trinajstić information content (AvgIpc) is 1.59. The van der Waals surface area contributed by atoms with E-state index in [1.165, 1.54) is 5.31 Å². The Morgan fingerprint density at radius 1 is 1.78 bits per heavy atom. The maximum absolute atomic E-state index is 5.59. The Bertz CT molecular complexity index is 170. The highest BCUT2D eigenvalue weighted by Crippen LogP contribution is 2.24. The van der Waals surface area contributed by atoms with Gasteiger partial charge in [-0.3, -0.25) is 0 Å². The molecule has 50 valence electrons. The minimum atomic E-state index is 0.613. The van der Waals surface area contributed by atoms with E-state index in [9.17, 15) is 0 Å². The van der Waals surface area contributed by atoms with Crippen LogP contribution in [0.2, 0.25) is 0 Å². The Hall–Kier alpha value is -0.290. The van der Waals surface area contributed by atoms with Crippen molar-refractivity contribution in [3.05, 3.63) is 23.2 Å². The summed E-state index contributed by atoms with van der Waals surface area (Å²) in [4.78, 5) is 0. The van der Waals surface area contributed by atoms with Crippen molar-refractivity contribution in [1.29, 1.82) is 0 Å². The quantitative estimate of drug-likeness (QED) is 0.510. The van der Waals surface area contributed by atoms with Gasteiger partial charge in [0, 0.05) is 5.70 Å². The zero-order valence-corrected chi connectivity index (χ0v) is 6.75. The summed E-state index contributed by atoms with van der Waals surface area (Å²) < 4.78 is 0. The highest BCUT2D eigenvalue weighted by atomic mass is 31.0. The molecular weight excluding hydrogens is 129 g/mol. The molecule has 1 aliphatic rings. The molecule has 0 aromatic heterocycles. The molecule has 0 radical (unpaired) electrons. The molecule has 1 rings (SSSR count). The Morgan fingerprint density at radius 2 is 2.44 bits per heavy atom. The van der Waals surface area contributed by atoms with E-state index in [4.69, 9.17) is 5.73 Å². The van der Waals surface area contributed by atoms with Gasteiger partial charge in [0.25, 0.3) is 0 Å². The van der Waals surface area contributed by atoms with Crippen molar-refractivity contribution in [3.8, 4) is 0 Å². The molecule has 0 aromatic rings. The van der Waals surface area contributed by atoms with Crippen LogP contribution in [0.15, 0.2) is 23.2 Å². The molecule has 0 saturated heterocycles. The molecule has 1 nitrogen and oxygen atoms in total. The normalized spacial score (nSPS) is 27.1. The van der Waals surface area contributed by atoms with Crippen molar-refractivity contribution in [2.45, 2.75) is 13.3 Å². The van der Waals surface area contributed by atoms with Gasteiger partial charge in [-0.15, -0.1) is 9.24 Å². The monoisotopic (exact) mass is 141 g/mol. The van der Waals surface area contributed by atoms with Crippen LogP contribution in [0.25, 0.3) is 0 Å². The molecule has 0 aliphatic heterocycles. The zero-order valence-electron chi connectivity index (χ0n) is 5.59. The minimum Gasteiger partial charge on any atom is -0.399 e. The fraction of sp³-hybridized carbons (Fsp3) is 0.429. The fourth-order valence-electron chi connectivity index (χ4n) is 1.08. The third-order valence-corrected chi connectivity index (χ3v) is 1.79. The van der Waals surface area contributed by atoms with Crippen molar-refractivity contribution in [2.24, 2.45) is 11.7 Å². The van der Waals surface area contributed by atoms with Crippen LogP contribution < -0.4 is 5.73 Å². The molecule has 2 N–H and O–H groups in total. The van der Waals surface area contributed by atoms with Crippen molar-refractivity contribution in [1.82, 2.24) is 0 Å². The van der Waals surface area contributed by atoms with Crippen LogP contribution in [0.3, 0.4) is 0 Å². The van der Waals surface area contributed by atoms with Gasteiger partial charge in [0.15, 0.2) is 0 Å². The lowest BCUT2D eigenvalue weighted by Crippen LogP contribution is -2.03. The predicted octanol–water partition coefficient (Wildman–Crippen LogP) is 1.63. The van der Waals surface area contributed by atoms with E-state index in [-0.39, 0.29) is 0 Å². The molecule has 0 fully saturated rings. The summed E-state index contributed by atoms with van der Waals surface area (Å²) in [5.41, 5.74) is 6.49. The van der Waals surface area contributed by atoms with Crippen LogP contribution >= 0.6 is 9.24 Å². The number of hydrogen-bond acceptors (Lipinski definition) is 1. The van der Waals surface area contributed by atoms with E-state index in [0.717, 1.165) is 12.1 Å². The standard InChI is InChI=1S/C7H12NP/c1-5-2-6(8)4-7(9)3-5/h2,4-5H,3,8-9H2,1H3. The van der Waals surface area contributed by atoms with Crippen LogP contribution in [-0.4, -0.2) is 0 Å². The van der Waals surface area contributed by atoms with E-state index in [0.29, 0.717) is 5.92 Å². The highest BCUT2D eigenvalue weighted by Gasteiger charge is 2.04. The summed E-state index contributed by atoms with van der Waals surface area (Å²) in [6.45, 7) is 2.17. The first-order chi connectivity index (χ1) is 4.18. The van der Waals surface area contributed by atoms with Gasteiger partial charge in [-0.2, -0.15) is 0 Å². The van der Waals surface area contributed by atoms with Crippen molar-refractivity contribution in [2.75, 3.05) is 0 Å². The maximum Gasteiger partial charge on any atom is 0.0279 e. The van der Waals surface area contributed by atoms with Gasteiger partial charge in [-0.05, 0) is 23.7 Å². The maximum atomic E-state index is 5.59. The second kappa shape index (κ2) is 2.53. The largest absolute Gasteiger partial charge is 0.399 e. The van der Waals surface area contributed by atoms with Gasteiger partial charge in [0.05, 0.1) is 0 Å². The lowest BCUT2D eigenvalue weighted by Gasteiger charge is -2.12. The first-order valence-corrected chi connectivity index (χ1v) is 3.69. The molecule has 1 aliphatic carbocycles. The third kappa shape index (κ3) is 1.83. The first kappa shape index (κ1) is 6.82. The van der Waals surface area contributed by atoms with E-state index >= 15 is 0 Å². The smallest absolute Gasteiger partial charge is 0.0279 e. The van der Waals surface area contributed by atoms with Crippen LogP contribution in [0.1, 0.15) is 13.3 Å². The second-order valence-corrected chi connectivity index (χ2v) is 3.31. The van der Waals surface area contributed by atoms with Crippen LogP contribution in [-0.2, 0) is 0 Å². The molecule has 0 spiro atoms. The Kier molecular flexibility index (Phi) is 1.92. The minimum absolute atomic E-state index is 0.613. The molecular formula is C7H12NP. The highest BCUT2D eigenvalue weighted by molar-refractivity contribution is 7.22. The van der Waals surface area contributed by atoms with Crippen molar-refractivity contribution in [3.63, 3.8) is 0 Å². The summed E-state index contributed by atoms with van der Waals surface area (Å²) in [7, 11) is 2.69. The molecule has 9 heavy (non-hydrogen) atoms. The van der Waals surface area contributed by atoms with E-state index in [2.05, 4.69) is 22.2 Å². The fourth-order valence-corrected chi connectivity index (χ4v) is 1.64. The Labute approximate surface area is 58.2 Å². The summed E-state index contributed by atoms with van der Waals surface area (Å²) in [6.07, 6.45) is 5.23. The summed E-state index contributed by atoms with van der Waals surface area (Å²) in [5.74, 6) is 0.613. The van der Waals surface area contributed by atoms with Crippen molar-refractivity contribution < 1.29 is 0 Å². The van der Waals surface area contributed by atoms with E-state index < -0.39 is 0 Å². The molecule has 2 unspecified atom stereocenters. The number of hydrogen-bond donors (Lipinski definition) is 1. The van der Waals surface area contributed by atoms with Gasteiger partial charge in [0.1, 0.15) is 0 Å². The van der Waals surface area contributed by atoms with Gasteiger partial charge >= 0.3 is 0 Å². The van der Waals surface area contributed by atoms with Gasteiger partial charge < -0.3 is 5.73 Å². The number of allylic oxidation sites excluding steroid dienone is 3. The summed E-state index contributed by atoms with van der Waals surface area (Å²) in [5, 5.41) is 1.31. The van der Waals surface area contributed by atoms with E-state index in [1.807, 2.05) is 6.08 Å². The SMILES string of the molecule is CC1C=C(N)C=C(P)C1. The molecule has 0 aromatic carbocycles. The Morgan fingerprint density at radius 3 is 2.89 bits per heavy atom. The van der Waals surface area contributed by atoms with Gasteiger partial charge in [0.2, 0.25) is 0 Å². The predicted molar refractivity (Wildman–Crippen MR) is 43.8 cm³/mol. The molecule has 2 heteroatoms.